The number of nitrogens with zero attached hydrogens (tertiary/aromatic N) is 3. The SMILES string of the molecule is Cc1cnc(-c2cc(OC3CCCNC3)cc(C(=O)N[C@H](C)c3cnc(C(F)(F)F)nc3)c2)s1. The predicted molar refractivity (Wildman–Crippen MR) is 122 cm³/mol. The Kier molecular flexibility index (Phi) is 7.13. The van der Waals surface area contributed by atoms with Crippen LogP contribution in [0.3, 0.4) is 0 Å². The number of ether oxygens (including phenoxy) is 1. The number of hydrogen-bond acceptors (Lipinski definition) is 7. The Hall–Kier alpha value is -3.05. The van der Waals surface area contributed by atoms with Crippen LogP contribution in [0.4, 0.5) is 13.2 Å². The molecule has 1 saturated heterocycles. The minimum atomic E-state index is -4.62. The third-order valence-corrected chi connectivity index (χ3v) is 6.33. The van der Waals surface area contributed by atoms with Gasteiger partial charge in [-0.05, 0) is 51.4 Å². The summed E-state index contributed by atoms with van der Waals surface area (Å²) in [5.41, 5.74) is 1.48. The van der Waals surface area contributed by atoms with Crippen molar-refractivity contribution in [1.82, 2.24) is 25.6 Å². The molecule has 2 aromatic heterocycles. The number of carbonyl (C=O) groups excluding carboxylic acids is 1. The van der Waals surface area contributed by atoms with E-state index in [1.807, 2.05) is 13.0 Å². The number of amides is 1. The number of piperidine rings is 1. The maximum atomic E-state index is 13.1. The van der Waals surface area contributed by atoms with Gasteiger partial charge < -0.3 is 15.4 Å². The van der Waals surface area contributed by atoms with E-state index in [9.17, 15) is 18.0 Å². The molecule has 3 heterocycles. The highest BCUT2D eigenvalue weighted by Gasteiger charge is 2.34. The molecular formula is C23H24F3N5O2S. The molecule has 1 fully saturated rings. The predicted octanol–water partition coefficient (Wildman–Crippen LogP) is 4.55. The number of nitrogens with one attached hydrogen (secondary N) is 2. The Morgan fingerprint density at radius 3 is 2.59 bits per heavy atom. The van der Waals surface area contributed by atoms with E-state index in [2.05, 4.69) is 25.6 Å². The highest BCUT2D eigenvalue weighted by molar-refractivity contribution is 7.14. The molecule has 1 aliphatic heterocycles. The van der Waals surface area contributed by atoms with Gasteiger partial charge in [-0.2, -0.15) is 13.2 Å². The molecule has 2 N–H and O–H groups in total. The minimum Gasteiger partial charge on any atom is -0.489 e. The number of aromatic nitrogens is 3. The van der Waals surface area contributed by atoms with Crippen molar-refractivity contribution in [3.05, 3.63) is 58.6 Å². The number of thiazole rings is 1. The molecule has 0 aliphatic carbocycles. The van der Waals surface area contributed by atoms with Gasteiger partial charge in [-0.1, -0.05) is 0 Å². The number of alkyl halides is 3. The van der Waals surface area contributed by atoms with Crippen molar-refractivity contribution in [1.29, 1.82) is 0 Å². The largest absolute Gasteiger partial charge is 0.489 e. The second-order valence-electron chi connectivity index (χ2n) is 8.14. The van der Waals surface area contributed by atoms with Crippen molar-refractivity contribution in [2.75, 3.05) is 13.1 Å². The molecule has 0 spiro atoms. The van der Waals surface area contributed by atoms with Gasteiger partial charge >= 0.3 is 6.18 Å². The third-order valence-electron chi connectivity index (χ3n) is 5.36. The first-order chi connectivity index (χ1) is 16.2. The quantitative estimate of drug-likeness (QED) is 0.526. The molecule has 7 nitrogen and oxygen atoms in total. The van der Waals surface area contributed by atoms with Crippen LogP contribution in [0.1, 0.15) is 52.4 Å². The monoisotopic (exact) mass is 491 g/mol. The molecule has 3 aromatic rings. The van der Waals surface area contributed by atoms with Crippen LogP contribution >= 0.6 is 11.3 Å². The molecule has 0 saturated carbocycles. The normalized spacial score (nSPS) is 17.3. The summed E-state index contributed by atoms with van der Waals surface area (Å²) in [5.74, 6) is -1.05. The van der Waals surface area contributed by atoms with E-state index >= 15 is 0 Å². The molecule has 2 atom stereocenters. The molecule has 4 rings (SSSR count). The lowest BCUT2D eigenvalue weighted by atomic mass is 10.1. The molecule has 1 aromatic carbocycles. The lowest BCUT2D eigenvalue weighted by molar-refractivity contribution is -0.145. The van der Waals surface area contributed by atoms with Gasteiger partial charge in [0.15, 0.2) is 0 Å². The highest BCUT2D eigenvalue weighted by Crippen LogP contribution is 2.31. The first-order valence-corrected chi connectivity index (χ1v) is 11.7. The fourth-order valence-electron chi connectivity index (χ4n) is 3.59. The summed E-state index contributed by atoms with van der Waals surface area (Å²) in [6, 6.07) is 4.67. The van der Waals surface area contributed by atoms with Crippen LogP contribution in [0, 0.1) is 6.92 Å². The lowest BCUT2D eigenvalue weighted by Crippen LogP contribution is -2.37. The molecule has 11 heteroatoms. The molecule has 180 valence electrons. The van der Waals surface area contributed by atoms with Crippen molar-refractivity contribution < 1.29 is 22.7 Å². The summed E-state index contributed by atoms with van der Waals surface area (Å²) in [7, 11) is 0. The number of hydrogen-bond donors (Lipinski definition) is 2. The Bertz CT molecular complexity index is 1140. The fourth-order valence-corrected chi connectivity index (χ4v) is 4.35. The molecule has 34 heavy (non-hydrogen) atoms. The lowest BCUT2D eigenvalue weighted by Gasteiger charge is -2.24. The Morgan fingerprint density at radius 2 is 1.97 bits per heavy atom. The van der Waals surface area contributed by atoms with Gasteiger partial charge in [-0.25, -0.2) is 15.0 Å². The Balaban J connectivity index is 1.56. The van der Waals surface area contributed by atoms with Gasteiger partial charge in [-0.3, -0.25) is 4.79 Å². The van der Waals surface area contributed by atoms with Crippen molar-refractivity contribution in [2.24, 2.45) is 0 Å². The maximum absolute atomic E-state index is 13.1. The van der Waals surface area contributed by atoms with Crippen LogP contribution in [-0.4, -0.2) is 40.1 Å². The van der Waals surface area contributed by atoms with E-state index in [1.165, 1.54) is 11.3 Å². The van der Waals surface area contributed by atoms with Crippen molar-refractivity contribution in [3.63, 3.8) is 0 Å². The highest BCUT2D eigenvalue weighted by atomic mass is 32.1. The van der Waals surface area contributed by atoms with Crippen LogP contribution in [-0.2, 0) is 6.18 Å². The van der Waals surface area contributed by atoms with Crippen LogP contribution in [0.2, 0.25) is 0 Å². The maximum Gasteiger partial charge on any atom is 0.451 e. The molecule has 0 bridgehead atoms. The van der Waals surface area contributed by atoms with Crippen molar-refractivity contribution >= 4 is 17.2 Å². The fraction of sp³-hybridized carbons (Fsp3) is 0.391. The van der Waals surface area contributed by atoms with Crippen LogP contribution in [0.5, 0.6) is 5.75 Å². The van der Waals surface area contributed by atoms with E-state index in [1.54, 1.807) is 25.3 Å². The first kappa shape index (κ1) is 24.1. The smallest absolute Gasteiger partial charge is 0.451 e. The molecule has 1 amide bonds. The van der Waals surface area contributed by atoms with E-state index in [0.29, 0.717) is 16.9 Å². The van der Waals surface area contributed by atoms with Crippen molar-refractivity contribution in [3.8, 4) is 16.3 Å². The second kappa shape index (κ2) is 10.1. The van der Waals surface area contributed by atoms with Crippen LogP contribution in [0.15, 0.2) is 36.8 Å². The summed E-state index contributed by atoms with van der Waals surface area (Å²) in [6.45, 7) is 5.30. The van der Waals surface area contributed by atoms with Gasteiger partial charge in [0.2, 0.25) is 5.82 Å². The Morgan fingerprint density at radius 1 is 1.21 bits per heavy atom. The number of carbonyl (C=O) groups is 1. The number of halogens is 3. The number of rotatable bonds is 6. The zero-order chi connectivity index (χ0) is 24.3. The van der Waals surface area contributed by atoms with E-state index in [0.717, 1.165) is 53.8 Å². The summed E-state index contributed by atoms with van der Waals surface area (Å²) in [6.07, 6.45) is 1.21. The summed E-state index contributed by atoms with van der Waals surface area (Å²) in [4.78, 5) is 25.3. The topological polar surface area (TPSA) is 89.0 Å². The Labute approximate surface area is 198 Å². The van der Waals surface area contributed by atoms with Gasteiger partial charge in [0.25, 0.3) is 5.91 Å². The summed E-state index contributed by atoms with van der Waals surface area (Å²) < 4.78 is 44.3. The van der Waals surface area contributed by atoms with E-state index < -0.39 is 23.9 Å². The van der Waals surface area contributed by atoms with E-state index in [4.69, 9.17) is 4.74 Å². The number of benzene rings is 1. The second-order valence-corrected chi connectivity index (χ2v) is 9.38. The van der Waals surface area contributed by atoms with Crippen LogP contribution in [0.25, 0.3) is 10.6 Å². The van der Waals surface area contributed by atoms with Crippen molar-refractivity contribution in [2.45, 2.75) is 45.0 Å². The molecule has 1 aliphatic rings. The third kappa shape index (κ3) is 5.89. The summed E-state index contributed by atoms with van der Waals surface area (Å²) >= 11 is 1.51. The molecule has 0 radical (unpaired) electrons. The van der Waals surface area contributed by atoms with Gasteiger partial charge in [0.05, 0.1) is 6.04 Å². The molecule has 1 unspecified atom stereocenters. The zero-order valence-electron chi connectivity index (χ0n) is 18.6. The standard InChI is InChI=1S/C23H24F3N5O2S/c1-13-9-28-21(34-13)16-6-15(7-19(8-16)33-18-4-3-5-27-12-18)20(32)31-14(2)17-10-29-22(30-11-17)23(24,25)26/h6-11,14,18,27H,3-5,12H2,1-2H3,(H,31,32)/t14-,18?/m1/s1. The van der Waals surface area contributed by atoms with Gasteiger partial charge in [0.1, 0.15) is 16.9 Å². The summed E-state index contributed by atoms with van der Waals surface area (Å²) in [5, 5.41) is 6.87. The van der Waals surface area contributed by atoms with Gasteiger partial charge in [-0.15, -0.1) is 11.3 Å². The average molecular weight is 492 g/mol. The average Bonchev–Trinajstić information content (AvgIpc) is 3.25. The minimum absolute atomic E-state index is 0.00108. The number of aryl methyl sites for hydroxylation is 1. The van der Waals surface area contributed by atoms with Gasteiger partial charge in [0, 0.05) is 46.7 Å². The van der Waals surface area contributed by atoms with Crippen LogP contribution < -0.4 is 15.4 Å². The zero-order valence-corrected chi connectivity index (χ0v) is 19.5. The first-order valence-electron chi connectivity index (χ1n) is 10.8. The molecular weight excluding hydrogens is 467 g/mol. The van der Waals surface area contributed by atoms with E-state index in [-0.39, 0.29) is 6.10 Å².